The molecule has 6 nitrogen and oxygen atoms in total. The number of aromatic nitrogens is 1. The van der Waals surface area contributed by atoms with Gasteiger partial charge in [-0.2, -0.15) is 0 Å². The monoisotopic (exact) mass is 421 g/mol. The first-order chi connectivity index (χ1) is 11.6. The Bertz CT molecular complexity index is 677. The summed E-state index contributed by atoms with van der Waals surface area (Å²) in [6.07, 6.45) is 1.93. The van der Waals surface area contributed by atoms with E-state index in [1.807, 2.05) is 12.1 Å². The molecule has 0 unspecified atom stereocenters. The molecule has 2 aromatic rings. The highest BCUT2D eigenvalue weighted by Crippen LogP contribution is 2.38. The van der Waals surface area contributed by atoms with Gasteiger partial charge < -0.3 is 19.9 Å². The van der Waals surface area contributed by atoms with Crippen LogP contribution in [0.4, 0.5) is 5.13 Å². The topological polar surface area (TPSA) is 69.8 Å². The zero-order valence-electron chi connectivity index (χ0n) is 15.1. The van der Waals surface area contributed by atoms with E-state index in [1.165, 1.54) is 4.88 Å². The van der Waals surface area contributed by atoms with Crippen LogP contribution < -0.4 is 19.9 Å². The third-order valence-corrected chi connectivity index (χ3v) is 5.23. The third-order valence-electron chi connectivity index (χ3n) is 4.25. The normalized spacial score (nSPS) is 13.7. The Labute approximate surface area is 170 Å². The van der Waals surface area contributed by atoms with Gasteiger partial charge in [0.1, 0.15) is 0 Å². The molecular weight excluding hydrogens is 397 g/mol. The number of hydrogen-bond acceptors (Lipinski definition) is 7. The molecule has 1 aromatic heterocycles. The van der Waals surface area contributed by atoms with Gasteiger partial charge >= 0.3 is 0 Å². The van der Waals surface area contributed by atoms with Crippen molar-refractivity contribution >= 4 is 41.3 Å². The average Bonchev–Trinajstić information content (AvgIpc) is 2.86. The van der Waals surface area contributed by atoms with E-state index in [-0.39, 0.29) is 24.8 Å². The van der Waals surface area contributed by atoms with Gasteiger partial charge in [0, 0.05) is 30.9 Å². The SMILES string of the molecule is COc1cc(CN2CCc3nc(N)sc3CC2)cc(OC)c1OC.Cl.Cl. The lowest BCUT2D eigenvalue weighted by Gasteiger charge is -2.21. The van der Waals surface area contributed by atoms with Gasteiger partial charge in [0.05, 0.1) is 27.0 Å². The van der Waals surface area contributed by atoms with Gasteiger partial charge in [0.25, 0.3) is 0 Å². The first kappa shape index (κ1) is 22.6. The molecule has 0 aliphatic carbocycles. The van der Waals surface area contributed by atoms with E-state index in [0.717, 1.165) is 43.7 Å². The number of ether oxygens (including phenoxy) is 3. The molecule has 0 saturated carbocycles. The number of fused-ring (bicyclic) bond motifs is 1. The summed E-state index contributed by atoms with van der Waals surface area (Å²) in [5.74, 6) is 2.01. The number of nitrogens with zero attached hydrogens (tertiary/aromatic N) is 2. The molecule has 9 heteroatoms. The summed E-state index contributed by atoms with van der Waals surface area (Å²) in [7, 11) is 4.90. The van der Waals surface area contributed by atoms with Crippen LogP contribution in [0.3, 0.4) is 0 Å². The fourth-order valence-corrected chi connectivity index (χ4v) is 3.94. The first-order valence-electron chi connectivity index (χ1n) is 7.90. The first-order valence-corrected chi connectivity index (χ1v) is 8.71. The Morgan fingerprint density at radius 3 is 2.23 bits per heavy atom. The Kier molecular flexibility index (Phi) is 8.76. The van der Waals surface area contributed by atoms with Crippen LogP contribution in [0.15, 0.2) is 12.1 Å². The number of nitrogen functional groups attached to an aromatic ring is 1. The minimum absolute atomic E-state index is 0. The molecule has 2 N–H and O–H groups in total. The van der Waals surface area contributed by atoms with Crippen LogP contribution in [0.2, 0.25) is 0 Å². The Morgan fingerprint density at radius 1 is 1.04 bits per heavy atom. The van der Waals surface area contributed by atoms with Crippen LogP contribution in [0.5, 0.6) is 17.2 Å². The van der Waals surface area contributed by atoms with Gasteiger partial charge in [-0.15, -0.1) is 36.2 Å². The summed E-state index contributed by atoms with van der Waals surface area (Å²) < 4.78 is 16.3. The summed E-state index contributed by atoms with van der Waals surface area (Å²) >= 11 is 1.61. The summed E-state index contributed by atoms with van der Waals surface area (Å²) in [5.41, 5.74) is 8.11. The smallest absolute Gasteiger partial charge is 0.203 e. The van der Waals surface area contributed by atoms with E-state index >= 15 is 0 Å². The molecule has 3 rings (SSSR count). The second-order valence-corrected chi connectivity index (χ2v) is 6.85. The molecule has 1 aliphatic rings. The number of thiazole rings is 1. The molecule has 0 fully saturated rings. The van der Waals surface area contributed by atoms with E-state index in [9.17, 15) is 0 Å². The van der Waals surface area contributed by atoms with Crippen molar-refractivity contribution in [2.24, 2.45) is 0 Å². The second kappa shape index (κ2) is 10.1. The summed E-state index contributed by atoms with van der Waals surface area (Å²) in [6.45, 7) is 2.79. The molecule has 0 bridgehead atoms. The Hall–Kier alpha value is -1.41. The number of methoxy groups -OCH3 is 3. The van der Waals surface area contributed by atoms with Crippen LogP contribution in [0.1, 0.15) is 16.1 Å². The van der Waals surface area contributed by atoms with Gasteiger partial charge in [-0.25, -0.2) is 4.98 Å². The molecule has 0 amide bonds. The molecular formula is C17H25Cl2N3O3S. The summed E-state index contributed by atoms with van der Waals surface area (Å²) in [6, 6.07) is 4.02. The predicted octanol–water partition coefficient (Wildman–Crippen LogP) is 3.20. The van der Waals surface area contributed by atoms with Crippen LogP contribution >= 0.6 is 36.2 Å². The molecule has 146 valence electrons. The predicted molar refractivity (Wildman–Crippen MR) is 110 cm³/mol. The highest BCUT2D eigenvalue weighted by atomic mass is 35.5. The quantitative estimate of drug-likeness (QED) is 0.798. The lowest BCUT2D eigenvalue weighted by molar-refractivity contribution is 0.276. The lowest BCUT2D eigenvalue weighted by atomic mass is 10.1. The van der Waals surface area contributed by atoms with E-state index < -0.39 is 0 Å². The zero-order chi connectivity index (χ0) is 17.1. The molecule has 1 aromatic carbocycles. The number of halogens is 2. The van der Waals surface area contributed by atoms with Gasteiger partial charge in [-0.3, -0.25) is 4.90 Å². The highest BCUT2D eigenvalue weighted by Gasteiger charge is 2.19. The van der Waals surface area contributed by atoms with Crippen LogP contribution in [0, 0.1) is 0 Å². The zero-order valence-corrected chi connectivity index (χ0v) is 17.6. The Balaban J connectivity index is 0.00000169. The van der Waals surface area contributed by atoms with Crippen molar-refractivity contribution in [3.8, 4) is 17.2 Å². The molecule has 0 radical (unpaired) electrons. The maximum absolute atomic E-state index is 5.81. The van der Waals surface area contributed by atoms with Crippen molar-refractivity contribution in [3.05, 3.63) is 28.3 Å². The van der Waals surface area contributed by atoms with Gasteiger partial charge in [-0.1, -0.05) is 0 Å². The molecule has 1 aliphatic heterocycles. The van der Waals surface area contributed by atoms with Crippen LogP contribution in [-0.2, 0) is 19.4 Å². The molecule has 26 heavy (non-hydrogen) atoms. The molecule has 0 saturated heterocycles. The average molecular weight is 422 g/mol. The maximum Gasteiger partial charge on any atom is 0.203 e. The van der Waals surface area contributed by atoms with Crippen LogP contribution in [0.25, 0.3) is 0 Å². The maximum atomic E-state index is 5.81. The summed E-state index contributed by atoms with van der Waals surface area (Å²) in [5, 5.41) is 0.679. The minimum atomic E-state index is 0. The largest absolute Gasteiger partial charge is 0.493 e. The second-order valence-electron chi connectivity index (χ2n) is 5.73. The van der Waals surface area contributed by atoms with E-state index in [2.05, 4.69) is 9.88 Å². The fourth-order valence-electron chi connectivity index (χ4n) is 3.07. The lowest BCUT2D eigenvalue weighted by Crippen LogP contribution is -2.26. The summed E-state index contributed by atoms with van der Waals surface area (Å²) in [4.78, 5) is 8.18. The fraction of sp³-hybridized carbons (Fsp3) is 0.471. The van der Waals surface area contributed by atoms with Gasteiger partial charge in [-0.05, 0) is 24.1 Å². The van der Waals surface area contributed by atoms with Crippen molar-refractivity contribution in [1.29, 1.82) is 0 Å². The van der Waals surface area contributed by atoms with E-state index in [0.29, 0.717) is 22.4 Å². The van der Waals surface area contributed by atoms with Gasteiger partial charge in [0.2, 0.25) is 5.75 Å². The van der Waals surface area contributed by atoms with Crippen molar-refractivity contribution < 1.29 is 14.2 Å². The molecule has 0 spiro atoms. The molecule has 2 heterocycles. The minimum Gasteiger partial charge on any atom is -0.493 e. The number of anilines is 1. The Morgan fingerprint density at radius 2 is 1.65 bits per heavy atom. The number of hydrogen-bond donors (Lipinski definition) is 1. The van der Waals surface area contributed by atoms with Crippen LogP contribution in [-0.4, -0.2) is 44.3 Å². The van der Waals surface area contributed by atoms with Gasteiger partial charge in [0.15, 0.2) is 16.6 Å². The number of benzene rings is 1. The third kappa shape index (κ3) is 4.85. The number of rotatable bonds is 5. The highest BCUT2D eigenvalue weighted by molar-refractivity contribution is 7.15. The van der Waals surface area contributed by atoms with Crippen molar-refractivity contribution in [1.82, 2.24) is 9.88 Å². The van der Waals surface area contributed by atoms with Crippen molar-refractivity contribution in [3.63, 3.8) is 0 Å². The van der Waals surface area contributed by atoms with E-state index in [1.54, 1.807) is 32.7 Å². The van der Waals surface area contributed by atoms with Crippen molar-refractivity contribution in [2.75, 3.05) is 40.2 Å². The van der Waals surface area contributed by atoms with E-state index in [4.69, 9.17) is 19.9 Å². The van der Waals surface area contributed by atoms with Crippen molar-refractivity contribution in [2.45, 2.75) is 19.4 Å². The molecule has 0 atom stereocenters. The standard InChI is InChI=1S/C17H23N3O3S.2ClH/c1-21-13-8-11(9-14(22-2)16(13)23-3)10-20-6-4-12-15(5-7-20)24-17(18)19-12;;/h8-9H,4-7,10H2,1-3H3,(H2,18,19);2*1H. The number of nitrogens with two attached hydrogens (primary N) is 1.